The zero-order chi connectivity index (χ0) is 10.7. The second-order valence-corrected chi connectivity index (χ2v) is 3.52. The number of likely N-dealkylation sites (tertiary alicyclic amines) is 1. The Bertz CT molecular complexity index is 197. The Balaban J connectivity index is 2.56. The minimum absolute atomic E-state index is 0.0261. The molecule has 0 aliphatic carbocycles. The third-order valence-electron chi connectivity index (χ3n) is 2.75. The van der Waals surface area contributed by atoms with Crippen LogP contribution in [0.2, 0.25) is 0 Å². The van der Waals surface area contributed by atoms with Gasteiger partial charge in [-0.05, 0) is 6.92 Å². The normalized spacial score (nSPS) is 30.5. The molecule has 1 aliphatic heterocycles. The topological polar surface area (TPSA) is 59.0 Å². The molecule has 82 valence electrons. The predicted octanol–water partition coefficient (Wildman–Crippen LogP) is -0.195. The molecule has 1 rings (SSSR count). The van der Waals surface area contributed by atoms with Crippen molar-refractivity contribution in [2.75, 3.05) is 27.3 Å². The van der Waals surface area contributed by atoms with Gasteiger partial charge in [0.15, 0.2) is 0 Å². The summed E-state index contributed by atoms with van der Waals surface area (Å²) in [5.41, 5.74) is 0. The molecule has 0 bridgehead atoms. The molecule has 3 atom stereocenters. The van der Waals surface area contributed by atoms with Gasteiger partial charge in [-0.1, -0.05) is 0 Å². The summed E-state index contributed by atoms with van der Waals surface area (Å²) in [5.74, 6) is -0.809. The van der Waals surface area contributed by atoms with Gasteiger partial charge in [-0.15, -0.1) is 0 Å². The Hall–Kier alpha value is -0.650. The van der Waals surface area contributed by atoms with E-state index in [4.69, 9.17) is 14.6 Å². The molecule has 0 radical (unpaired) electrons. The van der Waals surface area contributed by atoms with Crippen LogP contribution in [0, 0.1) is 0 Å². The molecule has 0 spiro atoms. The van der Waals surface area contributed by atoms with E-state index in [0.717, 1.165) is 0 Å². The molecule has 0 aromatic carbocycles. The first-order valence-corrected chi connectivity index (χ1v) is 4.62. The average molecular weight is 203 g/mol. The third-order valence-corrected chi connectivity index (χ3v) is 2.75. The number of ether oxygens (including phenoxy) is 2. The number of methoxy groups -OCH3 is 2. The van der Waals surface area contributed by atoms with Crippen LogP contribution >= 0.6 is 0 Å². The number of carbonyl (C=O) groups is 1. The van der Waals surface area contributed by atoms with Crippen molar-refractivity contribution in [1.29, 1.82) is 0 Å². The van der Waals surface area contributed by atoms with Crippen molar-refractivity contribution >= 4 is 5.97 Å². The molecule has 5 nitrogen and oxygen atoms in total. The van der Waals surface area contributed by atoms with E-state index >= 15 is 0 Å². The van der Waals surface area contributed by atoms with E-state index in [2.05, 4.69) is 0 Å². The first kappa shape index (κ1) is 11.4. The van der Waals surface area contributed by atoms with Crippen LogP contribution in [0.5, 0.6) is 0 Å². The lowest BCUT2D eigenvalue weighted by Crippen LogP contribution is -2.38. The molecule has 0 aromatic heterocycles. The van der Waals surface area contributed by atoms with E-state index in [-0.39, 0.29) is 12.2 Å². The number of hydrogen-bond acceptors (Lipinski definition) is 4. The molecule has 0 aromatic rings. The van der Waals surface area contributed by atoms with E-state index < -0.39 is 12.0 Å². The third kappa shape index (κ3) is 2.23. The maximum atomic E-state index is 10.8. The highest BCUT2D eigenvalue weighted by Gasteiger charge is 2.37. The van der Waals surface area contributed by atoms with Crippen LogP contribution in [0.15, 0.2) is 0 Å². The van der Waals surface area contributed by atoms with Gasteiger partial charge in [-0.3, -0.25) is 9.69 Å². The smallest absolute Gasteiger partial charge is 0.320 e. The summed E-state index contributed by atoms with van der Waals surface area (Å²) in [6.45, 7) is 2.90. The molecule has 1 heterocycles. The molecule has 0 saturated carbocycles. The Morgan fingerprint density at radius 1 is 1.36 bits per heavy atom. The summed E-state index contributed by atoms with van der Waals surface area (Å²) in [6, 6.07) is -0.479. The maximum Gasteiger partial charge on any atom is 0.320 e. The van der Waals surface area contributed by atoms with Crippen molar-refractivity contribution < 1.29 is 19.4 Å². The monoisotopic (exact) mass is 203 g/mol. The molecule has 1 aliphatic rings. The Kier molecular flexibility index (Phi) is 3.86. The van der Waals surface area contributed by atoms with Gasteiger partial charge in [0, 0.05) is 27.3 Å². The first-order valence-electron chi connectivity index (χ1n) is 4.62. The van der Waals surface area contributed by atoms with Crippen molar-refractivity contribution in [2.45, 2.75) is 25.2 Å². The van der Waals surface area contributed by atoms with Gasteiger partial charge in [0.05, 0.1) is 12.2 Å². The van der Waals surface area contributed by atoms with Gasteiger partial charge in [0.25, 0.3) is 0 Å². The van der Waals surface area contributed by atoms with Gasteiger partial charge in [0.2, 0.25) is 0 Å². The zero-order valence-electron chi connectivity index (χ0n) is 8.77. The summed E-state index contributed by atoms with van der Waals surface area (Å²) in [6.07, 6.45) is -0.0522. The van der Waals surface area contributed by atoms with E-state index in [1.54, 1.807) is 21.1 Å². The summed E-state index contributed by atoms with van der Waals surface area (Å²) in [4.78, 5) is 12.6. The predicted molar refractivity (Wildman–Crippen MR) is 50.3 cm³/mol. The Labute approximate surface area is 83.6 Å². The fourth-order valence-corrected chi connectivity index (χ4v) is 1.70. The lowest BCUT2D eigenvalue weighted by atomic mass is 10.3. The van der Waals surface area contributed by atoms with Crippen molar-refractivity contribution in [3.05, 3.63) is 0 Å². The van der Waals surface area contributed by atoms with Crippen LogP contribution in [0.3, 0.4) is 0 Å². The maximum absolute atomic E-state index is 10.8. The van der Waals surface area contributed by atoms with Crippen LogP contribution in [-0.2, 0) is 14.3 Å². The minimum atomic E-state index is -0.809. The van der Waals surface area contributed by atoms with E-state index in [1.165, 1.54) is 0 Å². The van der Waals surface area contributed by atoms with Gasteiger partial charge >= 0.3 is 5.97 Å². The highest BCUT2D eigenvalue weighted by Crippen LogP contribution is 2.17. The molecule has 1 fully saturated rings. The fraction of sp³-hybridized carbons (Fsp3) is 0.889. The van der Waals surface area contributed by atoms with E-state index in [9.17, 15) is 4.79 Å². The van der Waals surface area contributed by atoms with Crippen molar-refractivity contribution in [3.8, 4) is 0 Å². The second-order valence-electron chi connectivity index (χ2n) is 3.52. The highest BCUT2D eigenvalue weighted by molar-refractivity contribution is 5.72. The molecule has 0 amide bonds. The van der Waals surface area contributed by atoms with Gasteiger partial charge < -0.3 is 14.6 Å². The number of carboxylic acid groups (broad SMARTS) is 1. The summed E-state index contributed by atoms with van der Waals surface area (Å²) in [7, 11) is 3.23. The van der Waals surface area contributed by atoms with Crippen molar-refractivity contribution in [1.82, 2.24) is 4.90 Å². The van der Waals surface area contributed by atoms with E-state index in [0.29, 0.717) is 13.1 Å². The molecular weight excluding hydrogens is 186 g/mol. The lowest BCUT2D eigenvalue weighted by molar-refractivity contribution is -0.142. The number of nitrogens with zero attached hydrogens (tertiary/aromatic N) is 1. The van der Waals surface area contributed by atoms with Crippen LogP contribution in [0.1, 0.15) is 6.92 Å². The molecule has 1 saturated heterocycles. The Morgan fingerprint density at radius 3 is 2.07 bits per heavy atom. The largest absolute Gasteiger partial charge is 0.480 e. The second kappa shape index (κ2) is 4.72. The minimum Gasteiger partial charge on any atom is -0.480 e. The first-order chi connectivity index (χ1) is 6.60. The van der Waals surface area contributed by atoms with Gasteiger partial charge in [-0.25, -0.2) is 0 Å². The molecular formula is C9H17NO4. The molecule has 5 heteroatoms. The van der Waals surface area contributed by atoms with Crippen LogP contribution < -0.4 is 0 Å². The molecule has 1 N–H and O–H groups in total. The van der Waals surface area contributed by atoms with Crippen molar-refractivity contribution in [2.24, 2.45) is 0 Å². The number of carboxylic acids is 1. The van der Waals surface area contributed by atoms with Crippen molar-refractivity contribution in [3.63, 3.8) is 0 Å². The molecule has 14 heavy (non-hydrogen) atoms. The van der Waals surface area contributed by atoms with Gasteiger partial charge in [0.1, 0.15) is 6.04 Å². The fourth-order valence-electron chi connectivity index (χ4n) is 1.70. The summed E-state index contributed by atoms with van der Waals surface area (Å²) in [5, 5.41) is 8.84. The standard InChI is InChI=1S/C9H17NO4/c1-6(9(11)12)10-4-7(13-2)8(5-10)14-3/h6-8H,4-5H2,1-3H3,(H,11,12)/t6-,7-,8+/m1/s1. The van der Waals surface area contributed by atoms with Crippen LogP contribution in [0.4, 0.5) is 0 Å². The average Bonchev–Trinajstić information content (AvgIpc) is 2.59. The zero-order valence-corrected chi connectivity index (χ0v) is 8.77. The SMILES string of the molecule is CO[C@H]1CN([C@H](C)C(=O)O)C[C@H]1OC. The summed E-state index contributed by atoms with van der Waals surface area (Å²) < 4.78 is 10.4. The summed E-state index contributed by atoms with van der Waals surface area (Å²) >= 11 is 0. The quantitative estimate of drug-likeness (QED) is 0.686. The number of aliphatic carboxylic acids is 1. The molecule has 0 unspecified atom stereocenters. The van der Waals surface area contributed by atoms with Crippen LogP contribution in [-0.4, -0.2) is 61.5 Å². The number of rotatable bonds is 4. The highest BCUT2D eigenvalue weighted by atomic mass is 16.5. The van der Waals surface area contributed by atoms with E-state index in [1.807, 2.05) is 4.90 Å². The van der Waals surface area contributed by atoms with Gasteiger partial charge in [-0.2, -0.15) is 0 Å². The van der Waals surface area contributed by atoms with Crippen LogP contribution in [0.25, 0.3) is 0 Å². The lowest BCUT2D eigenvalue weighted by Gasteiger charge is -2.19. The number of hydrogen-bond donors (Lipinski definition) is 1. The Morgan fingerprint density at radius 2 is 1.79 bits per heavy atom.